The molecule has 0 unspecified atom stereocenters. The van der Waals surface area contributed by atoms with Crippen molar-refractivity contribution in [3.8, 4) is 11.5 Å². The third-order valence-electron chi connectivity index (χ3n) is 6.55. The smallest absolute Gasteiger partial charge is 0.255 e. The Labute approximate surface area is 224 Å². The van der Waals surface area contributed by atoms with E-state index in [0.717, 1.165) is 43.3 Å². The minimum atomic E-state index is -0.268. The van der Waals surface area contributed by atoms with Gasteiger partial charge in [-0.2, -0.15) is 0 Å². The van der Waals surface area contributed by atoms with Gasteiger partial charge in [0.05, 0.1) is 25.5 Å². The SMILES string of the molecule is COc1cccc(C(=O)Nc2ccc(N3CCN(c4ccccc4OC)CC3)c(C(=O)NCC(C)C)c2)c1. The lowest BCUT2D eigenvalue weighted by Gasteiger charge is -2.38. The van der Waals surface area contributed by atoms with Crippen LogP contribution in [0.2, 0.25) is 0 Å². The number of para-hydroxylation sites is 2. The number of hydrogen-bond acceptors (Lipinski definition) is 6. The highest BCUT2D eigenvalue weighted by molar-refractivity contribution is 6.06. The number of piperazine rings is 1. The molecule has 2 amide bonds. The Kier molecular flexibility index (Phi) is 8.73. The summed E-state index contributed by atoms with van der Waals surface area (Å²) in [6.07, 6.45) is 0. The van der Waals surface area contributed by atoms with Crippen molar-refractivity contribution in [3.05, 3.63) is 77.9 Å². The van der Waals surface area contributed by atoms with Crippen molar-refractivity contribution in [2.75, 3.05) is 62.1 Å². The molecule has 0 bridgehead atoms. The van der Waals surface area contributed by atoms with Gasteiger partial charge in [0.2, 0.25) is 0 Å². The Morgan fingerprint density at radius 1 is 0.816 bits per heavy atom. The molecule has 1 saturated heterocycles. The Bertz CT molecular complexity index is 1270. The van der Waals surface area contributed by atoms with Crippen molar-refractivity contribution in [1.82, 2.24) is 5.32 Å². The molecule has 4 rings (SSSR count). The first kappa shape index (κ1) is 26.9. The number of benzene rings is 3. The summed E-state index contributed by atoms with van der Waals surface area (Å²) >= 11 is 0. The largest absolute Gasteiger partial charge is 0.497 e. The number of carbonyl (C=O) groups excluding carboxylic acids is 2. The van der Waals surface area contributed by atoms with Gasteiger partial charge in [-0.25, -0.2) is 0 Å². The summed E-state index contributed by atoms with van der Waals surface area (Å²) in [7, 11) is 3.25. The van der Waals surface area contributed by atoms with E-state index in [-0.39, 0.29) is 11.8 Å². The van der Waals surface area contributed by atoms with Gasteiger partial charge in [0, 0.05) is 49.7 Å². The minimum Gasteiger partial charge on any atom is -0.497 e. The first-order chi connectivity index (χ1) is 18.4. The van der Waals surface area contributed by atoms with Gasteiger partial charge < -0.3 is 29.9 Å². The van der Waals surface area contributed by atoms with Crippen LogP contribution < -0.4 is 29.9 Å². The van der Waals surface area contributed by atoms with Gasteiger partial charge in [-0.05, 0) is 54.4 Å². The molecule has 3 aromatic rings. The summed E-state index contributed by atoms with van der Waals surface area (Å²) in [6, 6.07) is 20.5. The average Bonchev–Trinajstić information content (AvgIpc) is 2.96. The quantitative estimate of drug-likeness (QED) is 0.430. The Balaban J connectivity index is 1.54. The van der Waals surface area contributed by atoms with Crippen molar-refractivity contribution in [1.29, 1.82) is 0 Å². The number of amides is 2. The molecule has 1 aliphatic heterocycles. The Morgan fingerprint density at radius 2 is 1.53 bits per heavy atom. The molecule has 0 spiro atoms. The van der Waals surface area contributed by atoms with E-state index in [4.69, 9.17) is 9.47 Å². The van der Waals surface area contributed by atoms with E-state index in [9.17, 15) is 9.59 Å². The van der Waals surface area contributed by atoms with E-state index >= 15 is 0 Å². The zero-order valence-electron chi connectivity index (χ0n) is 22.5. The molecule has 0 saturated carbocycles. The van der Waals surface area contributed by atoms with E-state index < -0.39 is 0 Å². The van der Waals surface area contributed by atoms with Crippen LogP contribution in [-0.4, -0.2) is 58.8 Å². The van der Waals surface area contributed by atoms with E-state index in [1.54, 1.807) is 44.6 Å². The number of carbonyl (C=O) groups is 2. The molecular weight excluding hydrogens is 480 g/mol. The number of ether oxygens (including phenoxy) is 2. The van der Waals surface area contributed by atoms with Crippen molar-refractivity contribution in [2.24, 2.45) is 5.92 Å². The predicted octanol–water partition coefficient (Wildman–Crippen LogP) is 4.67. The van der Waals surface area contributed by atoms with Crippen LogP contribution in [0, 0.1) is 5.92 Å². The number of anilines is 3. The molecule has 2 N–H and O–H groups in total. The monoisotopic (exact) mass is 516 g/mol. The highest BCUT2D eigenvalue weighted by Gasteiger charge is 2.24. The van der Waals surface area contributed by atoms with E-state index in [0.29, 0.717) is 35.0 Å². The molecule has 200 valence electrons. The summed E-state index contributed by atoms with van der Waals surface area (Å²) in [5, 5.41) is 5.96. The third-order valence-corrected chi connectivity index (χ3v) is 6.55. The minimum absolute atomic E-state index is 0.154. The van der Waals surface area contributed by atoms with Crippen LogP contribution in [0.5, 0.6) is 11.5 Å². The zero-order chi connectivity index (χ0) is 27.1. The fourth-order valence-electron chi connectivity index (χ4n) is 4.51. The molecule has 1 aliphatic rings. The maximum atomic E-state index is 13.3. The van der Waals surface area contributed by atoms with Gasteiger partial charge in [0.15, 0.2) is 0 Å². The molecule has 0 aromatic heterocycles. The van der Waals surface area contributed by atoms with Crippen molar-refractivity contribution in [3.63, 3.8) is 0 Å². The third kappa shape index (κ3) is 6.37. The molecule has 1 fully saturated rings. The predicted molar refractivity (Wildman–Crippen MR) is 152 cm³/mol. The molecule has 1 heterocycles. The molecule has 3 aromatic carbocycles. The van der Waals surface area contributed by atoms with E-state index in [2.05, 4.69) is 40.3 Å². The standard InChI is InChI=1S/C30H36N4O4/c1-21(2)20-31-30(36)25-19-23(32-29(35)22-8-7-9-24(18-22)37-3)12-13-26(25)33-14-16-34(17-15-33)27-10-5-6-11-28(27)38-4/h5-13,18-19,21H,14-17,20H2,1-4H3,(H,31,36)(H,32,35). The van der Waals surface area contributed by atoms with E-state index in [1.807, 2.05) is 30.3 Å². The molecule has 0 aliphatic carbocycles. The van der Waals surface area contributed by atoms with Crippen molar-refractivity contribution in [2.45, 2.75) is 13.8 Å². The first-order valence-corrected chi connectivity index (χ1v) is 12.9. The summed E-state index contributed by atoms with van der Waals surface area (Å²) in [5.74, 6) is 1.36. The molecule has 0 atom stereocenters. The maximum Gasteiger partial charge on any atom is 0.255 e. The van der Waals surface area contributed by atoms with Crippen molar-refractivity contribution < 1.29 is 19.1 Å². The average molecular weight is 517 g/mol. The summed E-state index contributed by atoms with van der Waals surface area (Å²) in [4.78, 5) is 30.7. The van der Waals surface area contributed by atoms with Crippen LogP contribution >= 0.6 is 0 Å². The van der Waals surface area contributed by atoms with Crippen LogP contribution in [0.1, 0.15) is 34.6 Å². The number of hydrogen-bond donors (Lipinski definition) is 2. The van der Waals surface area contributed by atoms with Gasteiger partial charge in [-0.1, -0.05) is 32.0 Å². The molecule has 38 heavy (non-hydrogen) atoms. The molecule has 0 radical (unpaired) electrons. The number of methoxy groups -OCH3 is 2. The van der Waals surface area contributed by atoms with Gasteiger partial charge in [-0.15, -0.1) is 0 Å². The lowest BCUT2D eigenvalue weighted by molar-refractivity contribution is 0.0948. The van der Waals surface area contributed by atoms with Gasteiger partial charge in [-0.3, -0.25) is 9.59 Å². The number of nitrogens with one attached hydrogen (secondary N) is 2. The lowest BCUT2D eigenvalue weighted by atomic mass is 10.1. The van der Waals surface area contributed by atoms with Crippen LogP contribution in [0.25, 0.3) is 0 Å². The normalized spacial score (nSPS) is 13.3. The summed E-state index contributed by atoms with van der Waals surface area (Å²) in [6.45, 7) is 7.77. The Morgan fingerprint density at radius 3 is 2.21 bits per heavy atom. The highest BCUT2D eigenvalue weighted by Crippen LogP contribution is 2.31. The van der Waals surface area contributed by atoms with Gasteiger partial charge >= 0.3 is 0 Å². The fraction of sp³-hybridized carbons (Fsp3) is 0.333. The Hall–Kier alpha value is -4.20. The molecular formula is C30H36N4O4. The lowest BCUT2D eigenvalue weighted by Crippen LogP contribution is -2.47. The van der Waals surface area contributed by atoms with Crippen LogP contribution in [0.3, 0.4) is 0 Å². The second-order valence-electron chi connectivity index (χ2n) is 9.67. The van der Waals surface area contributed by atoms with E-state index in [1.165, 1.54) is 0 Å². The number of rotatable bonds is 9. The fourth-order valence-corrected chi connectivity index (χ4v) is 4.51. The maximum absolute atomic E-state index is 13.3. The van der Waals surface area contributed by atoms with Crippen LogP contribution in [0.15, 0.2) is 66.7 Å². The second kappa shape index (κ2) is 12.4. The summed E-state index contributed by atoms with van der Waals surface area (Å²) < 4.78 is 10.8. The zero-order valence-corrected chi connectivity index (χ0v) is 22.5. The van der Waals surface area contributed by atoms with Crippen LogP contribution in [-0.2, 0) is 0 Å². The molecule has 8 heteroatoms. The second-order valence-corrected chi connectivity index (χ2v) is 9.67. The van der Waals surface area contributed by atoms with Crippen molar-refractivity contribution >= 4 is 28.9 Å². The summed E-state index contributed by atoms with van der Waals surface area (Å²) in [5.41, 5.74) is 3.50. The molecule has 8 nitrogen and oxygen atoms in total. The number of nitrogens with zero attached hydrogens (tertiary/aromatic N) is 2. The highest BCUT2D eigenvalue weighted by atomic mass is 16.5. The van der Waals surface area contributed by atoms with Gasteiger partial charge in [0.1, 0.15) is 11.5 Å². The first-order valence-electron chi connectivity index (χ1n) is 12.9. The van der Waals surface area contributed by atoms with Gasteiger partial charge in [0.25, 0.3) is 11.8 Å². The van der Waals surface area contributed by atoms with Crippen LogP contribution in [0.4, 0.5) is 17.1 Å². The topological polar surface area (TPSA) is 83.1 Å².